The lowest BCUT2D eigenvalue weighted by atomic mass is 9.90. The maximum absolute atomic E-state index is 6.71. The standard InChI is InChI=1S/C20H19ClO/c1-14-6-8-15(9-7-14)18-4-3-5-19(20(18)21)16-10-12-17(22-2)13-11-16/h4,6-13H,3,5H2,1-2H3. The third-order valence-corrected chi connectivity index (χ3v) is 4.48. The first kappa shape index (κ1) is 14.9. The molecule has 0 heterocycles. The Labute approximate surface area is 136 Å². The van der Waals surface area contributed by atoms with Gasteiger partial charge in [0.25, 0.3) is 0 Å². The van der Waals surface area contributed by atoms with Crippen molar-refractivity contribution in [3.05, 3.63) is 76.3 Å². The molecule has 0 saturated heterocycles. The number of aryl methyl sites for hydroxylation is 1. The Morgan fingerprint density at radius 1 is 0.909 bits per heavy atom. The van der Waals surface area contributed by atoms with Crippen molar-refractivity contribution in [1.29, 1.82) is 0 Å². The number of rotatable bonds is 3. The van der Waals surface area contributed by atoms with Gasteiger partial charge in [0.15, 0.2) is 0 Å². The minimum absolute atomic E-state index is 0.861. The van der Waals surface area contributed by atoms with E-state index in [1.54, 1.807) is 7.11 Å². The van der Waals surface area contributed by atoms with Crippen molar-refractivity contribution in [3.63, 3.8) is 0 Å². The zero-order chi connectivity index (χ0) is 15.5. The normalized spacial score (nSPS) is 14.8. The van der Waals surface area contributed by atoms with Crippen molar-refractivity contribution in [1.82, 2.24) is 0 Å². The highest BCUT2D eigenvalue weighted by atomic mass is 35.5. The summed E-state index contributed by atoms with van der Waals surface area (Å²) in [4.78, 5) is 0. The van der Waals surface area contributed by atoms with Crippen LogP contribution in [-0.4, -0.2) is 7.11 Å². The Kier molecular flexibility index (Phi) is 4.35. The van der Waals surface area contributed by atoms with Gasteiger partial charge in [0.1, 0.15) is 5.75 Å². The molecule has 112 valence electrons. The van der Waals surface area contributed by atoms with Crippen molar-refractivity contribution < 1.29 is 4.74 Å². The van der Waals surface area contributed by atoms with Gasteiger partial charge in [-0.3, -0.25) is 0 Å². The zero-order valence-electron chi connectivity index (χ0n) is 12.9. The van der Waals surface area contributed by atoms with Crippen LogP contribution in [0.3, 0.4) is 0 Å². The number of benzene rings is 2. The lowest BCUT2D eigenvalue weighted by molar-refractivity contribution is 0.415. The minimum Gasteiger partial charge on any atom is -0.497 e. The van der Waals surface area contributed by atoms with E-state index in [0.717, 1.165) is 29.2 Å². The largest absolute Gasteiger partial charge is 0.497 e. The van der Waals surface area contributed by atoms with Gasteiger partial charge in [0, 0.05) is 0 Å². The summed E-state index contributed by atoms with van der Waals surface area (Å²) in [7, 11) is 1.68. The van der Waals surface area contributed by atoms with Crippen molar-refractivity contribution in [2.24, 2.45) is 0 Å². The zero-order valence-corrected chi connectivity index (χ0v) is 13.7. The SMILES string of the molecule is COc1ccc(C2=C(Cl)C(c3ccc(C)cc3)=CCC2)cc1. The van der Waals surface area contributed by atoms with Gasteiger partial charge in [-0.2, -0.15) is 0 Å². The summed E-state index contributed by atoms with van der Waals surface area (Å²) < 4.78 is 5.22. The average molecular weight is 311 g/mol. The summed E-state index contributed by atoms with van der Waals surface area (Å²) in [6, 6.07) is 16.7. The van der Waals surface area contributed by atoms with Gasteiger partial charge in [-0.05, 0) is 54.2 Å². The quantitative estimate of drug-likeness (QED) is 0.693. The molecule has 0 fully saturated rings. The third-order valence-electron chi connectivity index (χ3n) is 4.05. The molecule has 0 spiro atoms. The first-order chi connectivity index (χ1) is 10.7. The molecule has 0 atom stereocenters. The Morgan fingerprint density at radius 3 is 2.18 bits per heavy atom. The predicted molar refractivity (Wildman–Crippen MR) is 94.2 cm³/mol. The summed E-state index contributed by atoms with van der Waals surface area (Å²) in [5, 5.41) is 0.861. The maximum Gasteiger partial charge on any atom is 0.118 e. The molecular weight excluding hydrogens is 292 g/mol. The summed E-state index contributed by atoms with van der Waals surface area (Å²) in [5.41, 5.74) is 5.96. The molecular formula is C20H19ClO. The number of methoxy groups -OCH3 is 1. The Hall–Kier alpha value is -1.99. The molecule has 22 heavy (non-hydrogen) atoms. The lowest BCUT2D eigenvalue weighted by Gasteiger charge is -2.19. The highest BCUT2D eigenvalue weighted by Gasteiger charge is 2.17. The van der Waals surface area contributed by atoms with E-state index in [0.29, 0.717) is 0 Å². The first-order valence-corrected chi connectivity index (χ1v) is 7.87. The van der Waals surface area contributed by atoms with E-state index in [-0.39, 0.29) is 0 Å². The topological polar surface area (TPSA) is 9.23 Å². The fourth-order valence-corrected chi connectivity index (χ4v) is 3.15. The van der Waals surface area contributed by atoms with E-state index >= 15 is 0 Å². The fourth-order valence-electron chi connectivity index (χ4n) is 2.76. The summed E-state index contributed by atoms with van der Waals surface area (Å²) in [5.74, 6) is 0.866. The fraction of sp³-hybridized carbons (Fsp3) is 0.200. The van der Waals surface area contributed by atoms with Gasteiger partial charge in [-0.25, -0.2) is 0 Å². The van der Waals surface area contributed by atoms with Crippen LogP contribution in [0.5, 0.6) is 5.75 Å². The average Bonchev–Trinajstić information content (AvgIpc) is 2.56. The maximum atomic E-state index is 6.71. The molecule has 0 bridgehead atoms. The van der Waals surface area contributed by atoms with Crippen LogP contribution in [0.25, 0.3) is 11.1 Å². The molecule has 0 unspecified atom stereocenters. The minimum atomic E-state index is 0.861. The second-order valence-electron chi connectivity index (χ2n) is 5.54. The number of hydrogen-bond acceptors (Lipinski definition) is 1. The third kappa shape index (κ3) is 2.95. The van der Waals surface area contributed by atoms with Gasteiger partial charge < -0.3 is 4.74 Å². The molecule has 0 aromatic heterocycles. The van der Waals surface area contributed by atoms with E-state index in [1.165, 1.54) is 22.3 Å². The Morgan fingerprint density at radius 2 is 1.55 bits per heavy atom. The van der Waals surface area contributed by atoms with Crippen LogP contribution in [-0.2, 0) is 0 Å². The van der Waals surface area contributed by atoms with Crippen LogP contribution in [0.2, 0.25) is 0 Å². The Balaban J connectivity index is 1.98. The number of allylic oxidation sites excluding steroid dienone is 4. The molecule has 1 nitrogen and oxygen atoms in total. The number of ether oxygens (including phenoxy) is 1. The van der Waals surface area contributed by atoms with Crippen molar-refractivity contribution >= 4 is 22.7 Å². The molecule has 2 heteroatoms. The molecule has 2 aromatic rings. The van der Waals surface area contributed by atoms with Crippen LogP contribution >= 0.6 is 11.6 Å². The molecule has 0 radical (unpaired) electrons. The van der Waals surface area contributed by atoms with E-state index in [1.807, 2.05) is 12.1 Å². The van der Waals surface area contributed by atoms with Gasteiger partial charge in [0.2, 0.25) is 0 Å². The van der Waals surface area contributed by atoms with E-state index in [4.69, 9.17) is 16.3 Å². The Bertz CT molecular complexity index is 721. The molecule has 0 N–H and O–H groups in total. The summed E-state index contributed by atoms with van der Waals surface area (Å²) >= 11 is 6.71. The van der Waals surface area contributed by atoms with Gasteiger partial charge in [-0.15, -0.1) is 0 Å². The molecule has 0 saturated carbocycles. The van der Waals surface area contributed by atoms with Crippen LogP contribution < -0.4 is 4.74 Å². The molecule has 1 aliphatic carbocycles. The number of hydrogen-bond donors (Lipinski definition) is 0. The highest BCUT2D eigenvalue weighted by Crippen LogP contribution is 2.39. The first-order valence-electron chi connectivity index (χ1n) is 7.49. The second kappa shape index (κ2) is 6.41. The molecule has 0 amide bonds. The highest BCUT2D eigenvalue weighted by molar-refractivity contribution is 6.40. The molecule has 3 rings (SSSR count). The van der Waals surface area contributed by atoms with E-state index < -0.39 is 0 Å². The van der Waals surface area contributed by atoms with Crippen molar-refractivity contribution in [2.75, 3.05) is 7.11 Å². The predicted octanol–water partition coefficient (Wildman–Crippen LogP) is 5.83. The van der Waals surface area contributed by atoms with Crippen LogP contribution in [0.15, 0.2) is 59.6 Å². The van der Waals surface area contributed by atoms with Gasteiger partial charge >= 0.3 is 0 Å². The summed E-state index contributed by atoms with van der Waals surface area (Å²) in [6.07, 6.45) is 4.22. The monoisotopic (exact) mass is 310 g/mol. The van der Waals surface area contributed by atoms with E-state index in [2.05, 4.69) is 49.4 Å². The van der Waals surface area contributed by atoms with Gasteiger partial charge in [0.05, 0.1) is 12.1 Å². The van der Waals surface area contributed by atoms with Gasteiger partial charge in [-0.1, -0.05) is 59.6 Å². The lowest BCUT2D eigenvalue weighted by Crippen LogP contribution is -1.97. The molecule has 2 aromatic carbocycles. The van der Waals surface area contributed by atoms with Crippen LogP contribution in [0, 0.1) is 6.92 Å². The molecule has 1 aliphatic rings. The molecule has 0 aliphatic heterocycles. The van der Waals surface area contributed by atoms with Crippen LogP contribution in [0.4, 0.5) is 0 Å². The smallest absolute Gasteiger partial charge is 0.118 e. The summed E-state index contributed by atoms with van der Waals surface area (Å²) in [6.45, 7) is 2.10. The van der Waals surface area contributed by atoms with Crippen LogP contribution in [0.1, 0.15) is 29.5 Å². The van der Waals surface area contributed by atoms with Crippen molar-refractivity contribution in [3.8, 4) is 5.75 Å². The second-order valence-corrected chi connectivity index (χ2v) is 5.92. The van der Waals surface area contributed by atoms with E-state index in [9.17, 15) is 0 Å². The number of halogens is 1. The van der Waals surface area contributed by atoms with Crippen molar-refractivity contribution in [2.45, 2.75) is 19.8 Å².